The van der Waals surface area contributed by atoms with E-state index < -0.39 is 5.97 Å². The number of benzene rings is 2. The summed E-state index contributed by atoms with van der Waals surface area (Å²) in [5.41, 5.74) is 1.78. The summed E-state index contributed by atoms with van der Waals surface area (Å²) in [6.45, 7) is 2.36. The van der Waals surface area contributed by atoms with Crippen molar-refractivity contribution in [1.29, 1.82) is 0 Å². The molecule has 0 fully saturated rings. The number of carboxylic acid groups (broad SMARTS) is 1. The Bertz CT molecular complexity index is 770. The molecule has 1 amide bonds. The van der Waals surface area contributed by atoms with Crippen molar-refractivity contribution in [1.82, 2.24) is 0 Å². The molecule has 0 bridgehead atoms. The van der Waals surface area contributed by atoms with Crippen molar-refractivity contribution in [3.05, 3.63) is 65.7 Å². The van der Waals surface area contributed by atoms with Crippen molar-refractivity contribution in [3.63, 3.8) is 0 Å². The summed E-state index contributed by atoms with van der Waals surface area (Å²) in [4.78, 5) is 25.0. The number of hydrogen-bond acceptors (Lipinski definition) is 2. The van der Waals surface area contributed by atoms with Crippen molar-refractivity contribution in [3.8, 4) is 11.8 Å². The quantitative estimate of drug-likeness (QED) is 0.813. The molecule has 4 heteroatoms. The first-order valence-electron chi connectivity index (χ1n) is 8.29. The molecule has 0 aliphatic rings. The first kappa shape index (κ1) is 18.3. The smallest absolute Gasteiger partial charge is 0.335 e. The molecule has 0 spiro atoms. The maximum Gasteiger partial charge on any atom is 0.335 e. The molecular weight excluding hydrogens is 314 g/mol. The Morgan fingerprint density at radius 2 is 1.72 bits per heavy atom. The maximum absolute atomic E-state index is 12.5. The minimum atomic E-state index is -0.962. The Balaban J connectivity index is 2.12. The average Bonchev–Trinajstić information content (AvgIpc) is 2.64. The molecule has 0 saturated heterocycles. The van der Waals surface area contributed by atoms with Crippen molar-refractivity contribution in [2.45, 2.75) is 26.2 Å². The van der Waals surface area contributed by atoms with Gasteiger partial charge >= 0.3 is 5.97 Å². The SMILES string of the molecule is CCCCC(=O)N(CC#Cc1ccc(C(=O)O)cc1)c1ccccc1. The van der Waals surface area contributed by atoms with Gasteiger partial charge in [0.25, 0.3) is 0 Å². The number of nitrogens with zero attached hydrogens (tertiary/aromatic N) is 1. The van der Waals surface area contributed by atoms with Gasteiger partial charge in [-0.2, -0.15) is 0 Å². The molecule has 0 atom stereocenters. The molecule has 0 aliphatic heterocycles. The highest BCUT2D eigenvalue weighted by Gasteiger charge is 2.13. The van der Waals surface area contributed by atoms with Crippen molar-refractivity contribution in [2.24, 2.45) is 0 Å². The summed E-state index contributed by atoms with van der Waals surface area (Å²) in [5, 5.41) is 8.90. The van der Waals surface area contributed by atoms with Gasteiger partial charge in [0.1, 0.15) is 0 Å². The van der Waals surface area contributed by atoms with Crippen LogP contribution in [0.15, 0.2) is 54.6 Å². The van der Waals surface area contributed by atoms with E-state index in [1.165, 1.54) is 12.1 Å². The number of anilines is 1. The Morgan fingerprint density at radius 1 is 1.04 bits per heavy atom. The van der Waals surface area contributed by atoms with Crippen LogP contribution < -0.4 is 4.90 Å². The predicted molar refractivity (Wildman–Crippen MR) is 98.6 cm³/mol. The molecule has 0 saturated carbocycles. The molecule has 2 rings (SSSR count). The lowest BCUT2D eigenvalue weighted by molar-refractivity contribution is -0.118. The Hall–Kier alpha value is -3.06. The molecule has 0 aromatic heterocycles. The standard InChI is InChI=1S/C21H21NO3/c1-2-3-11-20(23)22(19-9-5-4-6-10-19)16-7-8-17-12-14-18(15-13-17)21(24)25/h4-6,9-10,12-15H,2-3,11,16H2,1H3,(H,24,25). The molecule has 128 valence electrons. The van der Waals surface area contributed by atoms with Crippen LogP contribution in [-0.4, -0.2) is 23.5 Å². The first-order chi connectivity index (χ1) is 12.1. The molecule has 25 heavy (non-hydrogen) atoms. The van der Waals surface area contributed by atoms with Gasteiger partial charge in [-0.1, -0.05) is 43.4 Å². The molecule has 4 nitrogen and oxygen atoms in total. The monoisotopic (exact) mass is 335 g/mol. The molecule has 0 unspecified atom stereocenters. The minimum absolute atomic E-state index is 0.0589. The van der Waals surface area contributed by atoms with Crippen LogP contribution in [0.5, 0.6) is 0 Å². The van der Waals surface area contributed by atoms with Crippen LogP contribution >= 0.6 is 0 Å². The number of carbonyl (C=O) groups excluding carboxylic acids is 1. The number of carboxylic acids is 1. The number of unbranched alkanes of at least 4 members (excludes halogenated alkanes) is 1. The van der Waals surface area contributed by atoms with E-state index in [0.29, 0.717) is 13.0 Å². The van der Waals surface area contributed by atoms with Gasteiger partial charge in [0.05, 0.1) is 12.1 Å². The molecular formula is C21H21NO3. The third kappa shape index (κ3) is 5.50. The lowest BCUT2D eigenvalue weighted by Crippen LogP contribution is -2.31. The second-order valence-electron chi connectivity index (χ2n) is 5.60. The lowest BCUT2D eigenvalue weighted by Gasteiger charge is -2.20. The van der Waals surface area contributed by atoms with Crippen LogP contribution in [-0.2, 0) is 4.79 Å². The fourth-order valence-electron chi connectivity index (χ4n) is 2.31. The molecule has 1 N–H and O–H groups in total. The number of carbonyl (C=O) groups is 2. The van der Waals surface area contributed by atoms with Crippen molar-refractivity contribution in [2.75, 3.05) is 11.4 Å². The van der Waals surface area contributed by atoms with Gasteiger partial charge in [-0.15, -0.1) is 0 Å². The predicted octanol–water partition coefficient (Wildman–Crippen LogP) is 3.96. The van der Waals surface area contributed by atoms with Gasteiger partial charge in [0.15, 0.2) is 0 Å². The van der Waals surface area contributed by atoms with Gasteiger partial charge in [0.2, 0.25) is 5.91 Å². The molecule has 0 heterocycles. The van der Waals surface area contributed by atoms with Gasteiger partial charge in [0, 0.05) is 17.7 Å². The summed E-state index contributed by atoms with van der Waals surface area (Å²) in [5.74, 6) is 5.10. The fourth-order valence-corrected chi connectivity index (χ4v) is 2.31. The average molecular weight is 335 g/mol. The van der Waals surface area contributed by atoms with Crippen LogP contribution in [0.2, 0.25) is 0 Å². The van der Waals surface area contributed by atoms with Gasteiger partial charge in [-0.25, -0.2) is 4.79 Å². The van der Waals surface area contributed by atoms with E-state index >= 15 is 0 Å². The fraction of sp³-hybridized carbons (Fsp3) is 0.238. The first-order valence-corrected chi connectivity index (χ1v) is 8.29. The summed E-state index contributed by atoms with van der Waals surface area (Å²) < 4.78 is 0. The zero-order chi connectivity index (χ0) is 18.1. The third-order valence-corrected chi connectivity index (χ3v) is 3.71. The van der Waals surface area contributed by atoms with E-state index in [1.54, 1.807) is 17.0 Å². The number of rotatable bonds is 6. The van der Waals surface area contributed by atoms with Crippen LogP contribution in [0.4, 0.5) is 5.69 Å². The van der Waals surface area contributed by atoms with E-state index in [2.05, 4.69) is 18.8 Å². The molecule has 2 aromatic rings. The van der Waals surface area contributed by atoms with Crippen molar-refractivity contribution < 1.29 is 14.7 Å². The maximum atomic E-state index is 12.5. The van der Waals surface area contributed by atoms with Crippen LogP contribution in [0, 0.1) is 11.8 Å². The molecule has 2 aromatic carbocycles. The number of amides is 1. The second kappa shape index (κ2) is 9.29. The summed E-state index contributed by atoms with van der Waals surface area (Å²) in [6, 6.07) is 15.9. The van der Waals surface area contributed by atoms with Gasteiger partial charge in [-0.3, -0.25) is 4.79 Å². The Labute approximate surface area is 148 Å². The number of hydrogen-bond donors (Lipinski definition) is 1. The van der Waals surface area contributed by atoms with E-state index in [1.807, 2.05) is 30.3 Å². The van der Waals surface area contributed by atoms with E-state index in [-0.39, 0.29) is 11.5 Å². The lowest BCUT2D eigenvalue weighted by atomic mass is 10.1. The van der Waals surface area contributed by atoms with E-state index in [0.717, 1.165) is 24.1 Å². The third-order valence-electron chi connectivity index (χ3n) is 3.71. The normalized spacial score (nSPS) is 9.80. The molecule has 0 radical (unpaired) electrons. The van der Waals surface area contributed by atoms with E-state index in [9.17, 15) is 9.59 Å². The number of aromatic carboxylic acids is 1. The van der Waals surface area contributed by atoms with Gasteiger partial charge in [-0.05, 0) is 42.8 Å². The summed E-state index contributed by atoms with van der Waals surface area (Å²) >= 11 is 0. The highest BCUT2D eigenvalue weighted by molar-refractivity contribution is 5.93. The Morgan fingerprint density at radius 3 is 2.32 bits per heavy atom. The van der Waals surface area contributed by atoms with Gasteiger partial charge < -0.3 is 10.0 Å². The zero-order valence-electron chi connectivity index (χ0n) is 14.2. The van der Waals surface area contributed by atoms with Crippen molar-refractivity contribution >= 4 is 17.6 Å². The Kier molecular flexibility index (Phi) is 6.79. The second-order valence-corrected chi connectivity index (χ2v) is 5.60. The minimum Gasteiger partial charge on any atom is -0.478 e. The van der Waals surface area contributed by atoms with Crippen LogP contribution in [0.1, 0.15) is 42.1 Å². The van der Waals surface area contributed by atoms with E-state index in [4.69, 9.17) is 5.11 Å². The molecule has 0 aliphatic carbocycles. The summed E-state index contributed by atoms with van der Waals surface area (Å²) in [7, 11) is 0. The zero-order valence-corrected chi connectivity index (χ0v) is 14.2. The largest absolute Gasteiger partial charge is 0.478 e. The van der Waals surface area contributed by atoms with Crippen LogP contribution in [0.3, 0.4) is 0 Å². The highest BCUT2D eigenvalue weighted by Crippen LogP contribution is 2.15. The van der Waals surface area contributed by atoms with Crippen LogP contribution in [0.25, 0.3) is 0 Å². The summed E-state index contributed by atoms with van der Waals surface area (Å²) in [6.07, 6.45) is 2.32. The highest BCUT2D eigenvalue weighted by atomic mass is 16.4. The number of para-hydroxylation sites is 1. The topological polar surface area (TPSA) is 57.6 Å².